The van der Waals surface area contributed by atoms with E-state index in [2.05, 4.69) is 4.98 Å². The second kappa shape index (κ2) is 7.28. The van der Waals surface area contributed by atoms with Crippen LogP contribution >= 0.6 is 11.3 Å². The summed E-state index contributed by atoms with van der Waals surface area (Å²) in [5.41, 5.74) is 0.367. The molecule has 2 heterocycles. The lowest BCUT2D eigenvalue weighted by Gasteiger charge is -2.31. The van der Waals surface area contributed by atoms with E-state index in [1.807, 2.05) is 31.2 Å². The van der Waals surface area contributed by atoms with Crippen LogP contribution in [0, 0.1) is 5.41 Å². The smallest absolute Gasteiger partial charge is 0.243 e. The van der Waals surface area contributed by atoms with Crippen LogP contribution in [0.3, 0.4) is 0 Å². The van der Waals surface area contributed by atoms with Gasteiger partial charge in [0.1, 0.15) is 11.6 Å². The molecule has 1 spiro atoms. The fraction of sp³-hybridized carbons (Fsp3) is 0.524. The van der Waals surface area contributed by atoms with Gasteiger partial charge in [-0.2, -0.15) is 0 Å². The molecule has 2 aliphatic rings. The summed E-state index contributed by atoms with van der Waals surface area (Å²) in [6.45, 7) is 1.75. The molecule has 6 nitrogen and oxygen atoms in total. The fourth-order valence-electron chi connectivity index (χ4n) is 4.34. The lowest BCUT2D eigenvalue weighted by Crippen LogP contribution is -2.44. The zero-order valence-electron chi connectivity index (χ0n) is 16.3. The van der Waals surface area contributed by atoms with E-state index in [0.29, 0.717) is 0 Å². The van der Waals surface area contributed by atoms with Crippen molar-refractivity contribution in [2.75, 3.05) is 13.6 Å². The maximum Gasteiger partial charge on any atom is 0.243 e. The summed E-state index contributed by atoms with van der Waals surface area (Å²) >= 11 is 1.56. The summed E-state index contributed by atoms with van der Waals surface area (Å²) < 4.78 is 1.08. The Morgan fingerprint density at radius 2 is 1.96 bits per heavy atom. The first-order valence-corrected chi connectivity index (χ1v) is 10.7. The first kappa shape index (κ1) is 19.1. The molecule has 1 saturated heterocycles. The molecule has 0 bridgehead atoms. The number of hydrogen-bond donors (Lipinski definition) is 0. The highest BCUT2D eigenvalue weighted by Gasteiger charge is 2.52. The van der Waals surface area contributed by atoms with Gasteiger partial charge in [0.05, 0.1) is 21.7 Å². The Hall–Kier alpha value is -2.28. The topological polar surface area (TPSA) is 70.6 Å². The van der Waals surface area contributed by atoms with E-state index < -0.39 is 5.41 Å². The molecule has 1 atom stereocenters. The van der Waals surface area contributed by atoms with Crippen LogP contribution in [0.2, 0.25) is 0 Å². The van der Waals surface area contributed by atoms with Gasteiger partial charge >= 0.3 is 0 Å². The number of thiazole rings is 1. The molecule has 2 aromatic rings. The number of para-hydroxylation sites is 1. The van der Waals surface area contributed by atoms with Crippen LogP contribution in [0.4, 0.5) is 0 Å². The van der Waals surface area contributed by atoms with Gasteiger partial charge in [-0.25, -0.2) is 4.98 Å². The fourth-order valence-corrected chi connectivity index (χ4v) is 5.40. The summed E-state index contributed by atoms with van der Waals surface area (Å²) in [6, 6.07) is 7.65. The number of nitrogens with zero attached hydrogens (tertiary/aromatic N) is 3. The van der Waals surface area contributed by atoms with E-state index in [9.17, 15) is 14.4 Å². The van der Waals surface area contributed by atoms with Crippen molar-refractivity contribution in [3.05, 3.63) is 29.3 Å². The highest BCUT2D eigenvalue weighted by molar-refractivity contribution is 7.18. The van der Waals surface area contributed by atoms with E-state index in [0.717, 1.165) is 47.3 Å². The number of imide groups is 1. The number of carbonyl (C=O) groups excluding carboxylic acids is 3. The number of benzene rings is 1. The molecular formula is C21H25N3O3S. The van der Waals surface area contributed by atoms with Crippen LogP contribution in [0.15, 0.2) is 24.3 Å². The lowest BCUT2D eigenvalue weighted by molar-refractivity contribution is -0.148. The van der Waals surface area contributed by atoms with E-state index in [-0.39, 0.29) is 36.7 Å². The maximum atomic E-state index is 12.9. The van der Waals surface area contributed by atoms with E-state index >= 15 is 0 Å². The van der Waals surface area contributed by atoms with Gasteiger partial charge in [-0.1, -0.05) is 31.4 Å². The first-order valence-electron chi connectivity index (χ1n) is 9.87. The van der Waals surface area contributed by atoms with Crippen molar-refractivity contribution in [2.45, 2.75) is 51.5 Å². The van der Waals surface area contributed by atoms with Crippen molar-refractivity contribution >= 4 is 39.3 Å². The van der Waals surface area contributed by atoms with Crippen LogP contribution in [-0.2, 0) is 14.4 Å². The van der Waals surface area contributed by atoms with Gasteiger partial charge in [0, 0.05) is 13.5 Å². The molecule has 1 aliphatic heterocycles. The third-order valence-electron chi connectivity index (χ3n) is 6.24. The van der Waals surface area contributed by atoms with Gasteiger partial charge in [0.15, 0.2) is 0 Å². The average molecular weight is 400 g/mol. The summed E-state index contributed by atoms with van der Waals surface area (Å²) in [5, 5.41) is 0.847. The molecule has 4 rings (SSSR count). The van der Waals surface area contributed by atoms with Gasteiger partial charge in [-0.05, 0) is 31.9 Å². The highest BCUT2D eigenvalue weighted by Crippen LogP contribution is 2.45. The summed E-state index contributed by atoms with van der Waals surface area (Å²) in [6.07, 6.45) is 4.87. The van der Waals surface area contributed by atoms with E-state index in [1.54, 1.807) is 23.3 Å². The molecule has 0 N–H and O–H groups in total. The van der Waals surface area contributed by atoms with E-state index in [1.165, 1.54) is 4.90 Å². The number of aromatic nitrogens is 1. The molecule has 1 saturated carbocycles. The van der Waals surface area contributed by atoms with Gasteiger partial charge in [-0.15, -0.1) is 11.3 Å². The molecule has 28 heavy (non-hydrogen) atoms. The van der Waals surface area contributed by atoms with Crippen LogP contribution in [0.1, 0.15) is 56.5 Å². The van der Waals surface area contributed by atoms with Crippen molar-refractivity contribution in [3.63, 3.8) is 0 Å². The minimum atomic E-state index is -0.549. The monoisotopic (exact) mass is 399 g/mol. The number of amides is 3. The zero-order chi connectivity index (χ0) is 19.9. The molecule has 0 radical (unpaired) electrons. The number of hydrogen-bond acceptors (Lipinski definition) is 5. The summed E-state index contributed by atoms with van der Waals surface area (Å²) in [4.78, 5) is 45.7. The number of likely N-dealkylation sites (tertiary alicyclic amines) is 1. The minimum absolute atomic E-state index is 0.147. The SMILES string of the molecule is CC(c1nc2ccccc2s1)N(C)C(=O)CN1C(=O)CC2(CCCCC2)C1=O. The normalized spacial score (nSPS) is 20.1. The van der Waals surface area contributed by atoms with Crippen molar-refractivity contribution in [2.24, 2.45) is 5.41 Å². The van der Waals surface area contributed by atoms with Gasteiger partial charge in [-0.3, -0.25) is 19.3 Å². The van der Waals surface area contributed by atoms with Gasteiger partial charge in [0.2, 0.25) is 17.7 Å². The number of carbonyl (C=O) groups is 3. The predicted octanol–water partition coefficient (Wildman–Crippen LogP) is 3.53. The van der Waals surface area contributed by atoms with Gasteiger partial charge in [0.25, 0.3) is 0 Å². The number of fused-ring (bicyclic) bond motifs is 1. The Labute approximate surface area is 168 Å². The molecule has 1 aromatic heterocycles. The Bertz CT molecular complexity index is 899. The molecule has 1 aliphatic carbocycles. The summed E-state index contributed by atoms with van der Waals surface area (Å²) in [5.74, 6) is -0.589. The van der Waals surface area contributed by atoms with Crippen LogP contribution in [0.25, 0.3) is 10.2 Å². The quantitative estimate of drug-likeness (QED) is 0.738. The predicted molar refractivity (Wildman–Crippen MR) is 108 cm³/mol. The Kier molecular flexibility index (Phi) is 4.95. The van der Waals surface area contributed by atoms with Gasteiger partial charge < -0.3 is 4.90 Å². The molecule has 2 fully saturated rings. The second-order valence-electron chi connectivity index (χ2n) is 8.00. The Balaban J connectivity index is 1.46. The highest BCUT2D eigenvalue weighted by atomic mass is 32.1. The summed E-state index contributed by atoms with van der Waals surface area (Å²) in [7, 11) is 1.71. The average Bonchev–Trinajstić information content (AvgIpc) is 3.23. The molecular weight excluding hydrogens is 374 g/mol. The minimum Gasteiger partial charge on any atom is -0.335 e. The molecule has 3 amide bonds. The third-order valence-corrected chi connectivity index (χ3v) is 7.44. The largest absolute Gasteiger partial charge is 0.335 e. The van der Waals surface area contributed by atoms with E-state index in [4.69, 9.17) is 0 Å². The van der Waals surface area contributed by atoms with Crippen molar-refractivity contribution in [1.82, 2.24) is 14.8 Å². The maximum absolute atomic E-state index is 12.9. The van der Waals surface area contributed by atoms with Crippen molar-refractivity contribution in [1.29, 1.82) is 0 Å². The number of likely N-dealkylation sites (N-methyl/N-ethyl adjacent to an activating group) is 1. The molecule has 1 unspecified atom stereocenters. The molecule has 1 aromatic carbocycles. The van der Waals surface area contributed by atoms with Crippen molar-refractivity contribution < 1.29 is 14.4 Å². The molecule has 148 valence electrons. The number of rotatable bonds is 4. The van der Waals surface area contributed by atoms with Crippen molar-refractivity contribution in [3.8, 4) is 0 Å². The molecule has 7 heteroatoms. The second-order valence-corrected chi connectivity index (χ2v) is 9.07. The zero-order valence-corrected chi connectivity index (χ0v) is 17.1. The Morgan fingerprint density at radius 1 is 1.25 bits per heavy atom. The third kappa shape index (κ3) is 3.21. The first-order chi connectivity index (χ1) is 13.4. The lowest BCUT2D eigenvalue weighted by atomic mass is 9.73. The van der Waals surface area contributed by atoms with Crippen LogP contribution in [0.5, 0.6) is 0 Å². The van der Waals surface area contributed by atoms with Crippen LogP contribution < -0.4 is 0 Å². The van der Waals surface area contributed by atoms with Crippen LogP contribution in [-0.4, -0.2) is 46.1 Å². The standard InChI is InChI=1S/C21H25N3O3S/c1-14(19-22-15-8-4-5-9-16(15)28-19)23(2)18(26)13-24-17(25)12-21(20(24)27)10-6-3-7-11-21/h4-5,8-9,14H,3,6-7,10-13H2,1-2H3. The Morgan fingerprint density at radius 3 is 2.68 bits per heavy atom.